The van der Waals surface area contributed by atoms with E-state index in [-0.39, 0.29) is 16.2 Å². The zero-order valence-electron chi connectivity index (χ0n) is 10.1. The van der Waals surface area contributed by atoms with Crippen LogP contribution in [0.5, 0.6) is 5.88 Å². The minimum atomic E-state index is -0.503. The van der Waals surface area contributed by atoms with Crippen LogP contribution in [0.2, 0.25) is 0 Å². The maximum Gasteiger partial charge on any atom is 0.264 e. The molecule has 0 unspecified atom stereocenters. The Hall–Kier alpha value is -2.41. The van der Waals surface area contributed by atoms with Crippen LogP contribution in [0.1, 0.15) is 11.1 Å². The summed E-state index contributed by atoms with van der Waals surface area (Å²) in [6, 6.07) is 7.57. The lowest BCUT2D eigenvalue weighted by Crippen LogP contribution is -2.14. The Bertz CT molecular complexity index is 733. The Morgan fingerprint density at radius 3 is 2.79 bits per heavy atom. The van der Waals surface area contributed by atoms with Crippen molar-refractivity contribution in [3.8, 4) is 5.88 Å². The summed E-state index contributed by atoms with van der Waals surface area (Å²) in [5.74, 6) is -0.316. The molecule has 19 heavy (non-hydrogen) atoms. The second-order valence-electron chi connectivity index (χ2n) is 3.86. The molecule has 1 heterocycles. The fraction of sp³-hybridized carbons (Fsp3) is 0.0833. The van der Waals surface area contributed by atoms with Gasteiger partial charge < -0.3 is 10.1 Å². The van der Waals surface area contributed by atoms with Crippen LogP contribution in [0, 0.1) is 11.7 Å². The average molecular weight is 276 g/mol. The van der Waals surface area contributed by atoms with Crippen molar-refractivity contribution in [1.82, 2.24) is 9.97 Å². The molecule has 0 saturated carbocycles. The van der Waals surface area contributed by atoms with Gasteiger partial charge in [-0.1, -0.05) is 18.2 Å². The molecule has 7 heteroatoms. The second kappa shape index (κ2) is 5.49. The molecule has 0 saturated heterocycles. The number of nitrogens with zero attached hydrogens (tertiary/aromatic N) is 1. The van der Waals surface area contributed by atoms with Crippen molar-refractivity contribution >= 4 is 24.1 Å². The van der Waals surface area contributed by atoms with E-state index in [0.29, 0.717) is 0 Å². The third-order valence-electron chi connectivity index (χ3n) is 2.48. The number of rotatable bonds is 3. The smallest absolute Gasteiger partial charge is 0.264 e. The van der Waals surface area contributed by atoms with Crippen molar-refractivity contribution < 1.29 is 5.11 Å². The topological polar surface area (TPSA) is 93.3 Å². The lowest BCUT2D eigenvalue weighted by atomic mass is 10.2. The molecular formula is C12H12N4O2S. The van der Waals surface area contributed by atoms with Crippen molar-refractivity contribution in [2.75, 3.05) is 5.43 Å². The molecular weight excluding hydrogens is 264 g/mol. The Morgan fingerprint density at radius 1 is 1.37 bits per heavy atom. The highest BCUT2D eigenvalue weighted by atomic mass is 32.1. The van der Waals surface area contributed by atoms with Crippen LogP contribution in [0.3, 0.4) is 0 Å². The zero-order chi connectivity index (χ0) is 13.8. The number of benzene rings is 1. The molecule has 0 amide bonds. The lowest BCUT2D eigenvalue weighted by molar-refractivity contribution is 0.449. The predicted molar refractivity (Wildman–Crippen MR) is 76.3 cm³/mol. The number of aromatic nitrogens is 2. The number of nitrogens with one attached hydrogen (secondary N) is 3. The normalized spacial score (nSPS) is 10.8. The number of aromatic amines is 2. The van der Waals surface area contributed by atoms with Gasteiger partial charge in [0, 0.05) is 0 Å². The van der Waals surface area contributed by atoms with E-state index in [4.69, 9.17) is 12.2 Å². The highest BCUT2D eigenvalue weighted by Gasteiger charge is 2.04. The lowest BCUT2D eigenvalue weighted by Gasteiger charge is -2.03. The van der Waals surface area contributed by atoms with E-state index in [2.05, 4.69) is 20.5 Å². The molecule has 6 nitrogen and oxygen atoms in total. The van der Waals surface area contributed by atoms with Crippen molar-refractivity contribution in [2.45, 2.75) is 6.92 Å². The summed E-state index contributed by atoms with van der Waals surface area (Å²) in [5, 5.41) is 13.5. The highest BCUT2D eigenvalue weighted by Crippen LogP contribution is 2.12. The third kappa shape index (κ3) is 3.08. The van der Waals surface area contributed by atoms with Gasteiger partial charge in [0.25, 0.3) is 5.56 Å². The number of hydrazone groups is 1. The monoisotopic (exact) mass is 276 g/mol. The molecule has 0 aliphatic rings. The van der Waals surface area contributed by atoms with Gasteiger partial charge in [-0.15, -0.1) is 0 Å². The molecule has 0 radical (unpaired) electrons. The summed E-state index contributed by atoms with van der Waals surface area (Å²) in [4.78, 5) is 16.3. The zero-order valence-corrected chi connectivity index (χ0v) is 10.9. The van der Waals surface area contributed by atoms with Gasteiger partial charge in [-0.25, -0.2) is 0 Å². The largest absolute Gasteiger partial charge is 0.494 e. The first-order chi connectivity index (χ1) is 9.08. The van der Waals surface area contributed by atoms with E-state index in [1.54, 1.807) is 0 Å². The van der Waals surface area contributed by atoms with E-state index in [0.717, 1.165) is 11.3 Å². The highest BCUT2D eigenvalue weighted by molar-refractivity contribution is 7.71. The SMILES string of the molecule is Cc1ccccc1NN=Cc1c(O)[nH]c(=S)[nH]c1=O. The summed E-state index contributed by atoms with van der Waals surface area (Å²) in [6.45, 7) is 1.93. The van der Waals surface area contributed by atoms with E-state index in [9.17, 15) is 9.90 Å². The van der Waals surface area contributed by atoms with Crippen LogP contribution in [0.4, 0.5) is 5.69 Å². The summed E-state index contributed by atoms with van der Waals surface area (Å²) >= 11 is 4.72. The van der Waals surface area contributed by atoms with Crippen LogP contribution < -0.4 is 11.0 Å². The summed E-state index contributed by atoms with van der Waals surface area (Å²) in [5.41, 5.74) is 4.14. The number of para-hydroxylation sites is 1. The van der Waals surface area contributed by atoms with E-state index < -0.39 is 5.56 Å². The Balaban J connectivity index is 2.23. The fourth-order valence-electron chi connectivity index (χ4n) is 1.47. The Labute approximate surface area is 113 Å². The van der Waals surface area contributed by atoms with Gasteiger partial charge in [0.15, 0.2) is 4.77 Å². The first-order valence-corrected chi connectivity index (χ1v) is 5.89. The summed E-state index contributed by atoms with van der Waals surface area (Å²) in [7, 11) is 0. The summed E-state index contributed by atoms with van der Waals surface area (Å²) < 4.78 is 0.0616. The van der Waals surface area contributed by atoms with Crippen LogP contribution in [-0.4, -0.2) is 21.3 Å². The molecule has 1 aromatic heterocycles. The standard InChI is InChI=1S/C12H12N4O2S/c1-7-4-2-3-5-9(7)16-13-6-8-10(17)14-12(19)15-11(8)18/h2-6,16H,1H3,(H3,14,15,17,18,19). The van der Waals surface area contributed by atoms with Crippen LogP contribution in [-0.2, 0) is 0 Å². The van der Waals surface area contributed by atoms with Gasteiger partial charge in [-0.2, -0.15) is 5.10 Å². The van der Waals surface area contributed by atoms with Crippen molar-refractivity contribution in [3.63, 3.8) is 0 Å². The van der Waals surface area contributed by atoms with Crippen LogP contribution >= 0.6 is 12.2 Å². The van der Waals surface area contributed by atoms with Gasteiger partial charge in [0.05, 0.1) is 11.9 Å². The van der Waals surface area contributed by atoms with Gasteiger partial charge in [0.2, 0.25) is 5.88 Å². The molecule has 98 valence electrons. The van der Waals surface area contributed by atoms with Gasteiger partial charge >= 0.3 is 0 Å². The number of H-pyrrole nitrogens is 2. The Kier molecular flexibility index (Phi) is 3.76. The average Bonchev–Trinajstić information content (AvgIpc) is 2.34. The van der Waals surface area contributed by atoms with Crippen molar-refractivity contribution in [1.29, 1.82) is 0 Å². The molecule has 2 rings (SSSR count). The van der Waals surface area contributed by atoms with Crippen LogP contribution in [0.15, 0.2) is 34.2 Å². The van der Waals surface area contributed by atoms with E-state index >= 15 is 0 Å². The predicted octanol–water partition coefficient (Wildman–Crippen LogP) is 1.89. The molecule has 0 spiro atoms. The van der Waals surface area contributed by atoms with Crippen LogP contribution in [0.25, 0.3) is 0 Å². The van der Waals surface area contributed by atoms with Crippen molar-refractivity contribution in [2.24, 2.45) is 5.10 Å². The molecule has 4 N–H and O–H groups in total. The minimum absolute atomic E-state index is 0.00897. The minimum Gasteiger partial charge on any atom is -0.494 e. The third-order valence-corrected chi connectivity index (χ3v) is 2.69. The molecule has 0 bridgehead atoms. The molecule has 2 aromatic rings. The molecule has 0 fully saturated rings. The number of hydrogen-bond acceptors (Lipinski definition) is 5. The molecule has 0 aliphatic heterocycles. The van der Waals surface area contributed by atoms with Gasteiger partial charge in [0.1, 0.15) is 5.56 Å². The number of hydrogen-bond donors (Lipinski definition) is 4. The first kappa shape index (κ1) is 13.0. The number of aromatic hydroxyl groups is 1. The Morgan fingerprint density at radius 2 is 2.11 bits per heavy atom. The summed E-state index contributed by atoms with van der Waals surface area (Å²) in [6.07, 6.45) is 1.23. The molecule has 0 aliphatic carbocycles. The van der Waals surface area contributed by atoms with Crippen molar-refractivity contribution in [3.05, 3.63) is 50.5 Å². The van der Waals surface area contributed by atoms with E-state index in [1.165, 1.54) is 6.21 Å². The number of aryl methyl sites for hydroxylation is 1. The maximum atomic E-state index is 11.5. The maximum absolute atomic E-state index is 11.5. The quantitative estimate of drug-likeness (QED) is 0.391. The van der Waals surface area contributed by atoms with Gasteiger partial charge in [-0.3, -0.25) is 15.2 Å². The number of anilines is 1. The van der Waals surface area contributed by atoms with E-state index in [1.807, 2.05) is 31.2 Å². The second-order valence-corrected chi connectivity index (χ2v) is 4.26. The molecule has 1 aromatic carbocycles. The first-order valence-electron chi connectivity index (χ1n) is 5.48. The van der Waals surface area contributed by atoms with Gasteiger partial charge in [-0.05, 0) is 30.8 Å². The fourth-order valence-corrected chi connectivity index (χ4v) is 1.66. The molecule has 0 atom stereocenters.